The molecule has 3 nitrogen and oxygen atoms in total. The van der Waals surface area contributed by atoms with Crippen molar-refractivity contribution >= 4 is 0 Å². The van der Waals surface area contributed by atoms with E-state index in [-0.39, 0.29) is 6.42 Å². The van der Waals surface area contributed by atoms with E-state index in [1.165, 1.54) is 6.08 Å². The minimum atomic E-state index is -2.57. The van der Waals surface area contributed by atoms with Crippen LogP contribution in [-0.4, -0.2) is 21.3 Å². The summed E-state index contributed by atoms with van der Waals surface area (Å²) in [6.45, 7) is 3.46. The van der Waals surface area contributed by atoms with Crippen LogP contribution in [0.25, 0.3) is 0 Å². The summed E-state index contributed by atoms with van der Waals surface area (Å²) in [5.74, 6) is -2.57. The highest BCUT2D eigenvalue weighted by atomic mass is 16.7. The van der Waals surface area contributed by atoms with Crippen molar-refractivity contribution in [3.05, 3.63) is 24.8 Å². The van der Waals surface area contributed by atoms with Gasteiger partial charge in [0.15, 0.2) is 0 Å². The Labute approximate surface area is 59.9 Å². The molecule has 0 atom stereocenters. The monoisotopic (exact) mass is 144 g/mol. The van der Waals surface area contributed by atoms with Crippen LogP contribution in [0.2, 0.25) is 0 Å². The Bertz CT molecular complexity index is 121. The molecule has 0 aromatic rings. The van der Waals surface area contributed by atoms with Crippen LogP contribution in [0.3, 0.4) is 0 Å². The second-order valence-electron chi connectivity index (χ2n) is 1.97. The Kier molecular flexibility index (Phi) is 3.95. The SMILES string of the molecule is C=CC/C=C/CC(O)(O)O. The smallest absolute Gasteiger partial charge is 0.278 e. The van der Waals surface area contributed by atoms with Gasteiger partial charge in [-0.15, -0.1) is 6.58 Å². The van der Waals surface area contributed by atoms with Crippen molar-refractivity contribution in [1.82, 2.24) is 0 Å². The number of hydrogen-bond acceptors (Lipinski definition) is 3. The third kappa shape index (κ3) is 7.36. The molecule has 0 aliphatic rings. The first-order valence-electron chi connectivity index (χ1n) is 2.99. The van der Waals surface area contributed by atoms with E-state index in [1.807, 2.05) is 0 Å². The molecule has 58 valence electrons. The van der Waals surface area contributed by atoms with Crippen LogP contribution in [0, 0.1) is 0 Å². The lowest BCUT2D eigenvalue weighted by Crippen LogP contribution is -2.25. The number of aliphatic hydroxyl groups is 3. The molecule has 0 heterocycles. The van der Waals surface area contributed by atoms with Crippen molar-refractivity contribution < 1.29 is 15.3 Å². The molecule has 0 unspecified atom stereocenters. The molecule has 3 N–H and O–H groups in total. The van der Waals surface area contributed by atoms with Crippen LogP contribution in [0.15, 0.2) is 24.8 Å². The summed E-state index contributed by atoms with van der Waals surface area (Å²) < 4.78 is 0. The average molecular weight is 144 g/mol. The lowest BCUT2D eigenvalue weighted by Gasteiger charge is -2.09. The molecule has 0 aromatic carbocycles. The minimum Gasteiger partial charge on any atom is -0.343 e. The van der Waals surface area contributed by atoms with E-state index < -0.39 is 5.97 Å². The van der Waals surface area contributed by atoms with Gasteiger partial charge in [-0.25, -0.2) is 0 Å². The Morgan fingerprint density at radius 2 is 1.80 bits per heavy atom. The fourth-order valence-electron chi connectivity index (χ4n) is 0.434. The molecule has 3 heteroatoms. The van der Waals surface area contributed by atoms with E-state index in [0.29, 0.717) is 6.42 Å². The highest BCUT2D eigenvalue weighted by Gasteiger charge is 2.13. The summed E-state index contributed by atoms with van der Waals surface area (Å²) in [6.07, 6.45) is 5.31. The van der Waals surface area contributed by atoms with Gasteiger partial charge in [0, 0.05) is 6.42 Å². The Morgan fingerprint density at radius 1 is 1.20 bits per heavy atom. The van der Waals surface area contributed by atoms with E-state index in [2.05, 4.69) is 6.58 Å². The fourth-order valence-corrected chi connectivity index (χ4v) is 0.434. The van der Waals surface area contributed by atoms with Gasteiger partial charge in [-0.1, -0.05) is 18.2 Å². The fraction of sp³-hybridized carbons (Fsp3) is 0.429. The van der Waals surface area contributed by atoms with Crippen LogP contribution in [0.5, 0.6) is 0 Å². The molecule has 0 rings (SSSR count). The summed E-state index contributed by atoms with van der Waals surface area (Å²) in [6, 6.07) is 0. The zero-order valence-electron chi connectivity index (χ0n) is 5.70. The third-order valence-electron chi connectivity index (χ3n) is 0.861. The topological polar surface area (TPSA) is 60.7 Å². The maximum atomic E-state index is 8.35. The molecule has 0 fully saturated rings. The van der Waals surface area contributed by atoms with Crippen LogP contribution in [-0.2, 0) is 0 Å². The van der Waals surface area contributed by atoms with Gasteiger partial charge in [-0.3, -0.25) is 0 Å². The number of allylic oxidation sites excluding steroid dienone is 2. The minimum absolute atomic E-state index is 0.180. The quantitative estimate of drug-likeness (QED) is 0.388. The van der Waals surface area contributed by atoms with E-state index in [4.69, 9.17) is 15.3 Å². The van der Waals surface area contributed by atoms with Crippen LogP contribution < -0.4 is 0 Å². The van der Waals surface area contributed by atoms with Gasteiger partial charge in [0.05, 0.1) is 0 Å². The summed E-state index contributed by atoms with van der Waals surface area (Å²) >= 11 is 0. The first kappa shape index (κ1) is 9.36. The van der Waals surface area contributed by atoms with Gasteiger partial charge < -0.3 is 15.3 Å². The predicted molar refractivity (Wildman–Crippen MR) is 38.0 cm³/mol. The summed E-state index contributed by atoms with van der Waals surface area (Å²) in [7, 11) is 0. The average Bonchev–Trinajstić information content (AvgIpc) is 1.78. The molecule has 0 saturated heterocycles. The lowest BCUT2D eigenvalue weighted by atomic mass is 10.3. The van der Waals surface area contributed by atoms with Gasteiger partial charge in [0.25, 0.3) is 5.97 Å². The second kappa shape index (κ2) is 4.22. The predicted octanol–water partition coefficient (Wildman–Crippen LogP) is 0.140. The highest BCUT2D eigenvalue weighted by molar-refractivity contribution is 4.89. The summed E-state index contributed by atoms with van der Waals surface area (Å²) in [5, 5.41) is 25.1. The Hall–Kier alpha value is -0.640. The van der Waals surface area contributed by atoms with Gasteiger partial charge in [0.2, 0.25) is 0 Å². The number of rotatable bonds is 4. The van der Waals surface area contributed by atoms with E-state index in [1.54, 1.807) is 12.2 Å². The van der Waals surface area contributed by atoms with Gasteiger partial charge in [-0.2, -0.15) is 0 Å². The van der Waals surface area contributed by atoms with Crippen molar-refractivity contribution in [2.75, 3.05) is 0 Å². The molecular weight excluding hydrogens is 132 g/mol. The second-order valence-corrected chi connectivity index (χ2v) is 1.97. The van der Waals surface area contributed by atoms with Crippen LogP contribution >= 0.6 is 0 Å². The summed E-state index contributed by atoms with van der Waals surface area (Å²) in [5.41, 5.74) is 0. The van der Waals surface area contributed by atoms with Gasteiger partial charge in [0.1, 0.15) is 0 Å². The molecule has 0 radical (unpaired) electrons. The largest absolute Gasteiger partial charge is 0.343 e. The van der Waals surface area contributed by atoms with Gasteiger partial charge >= 0.3 is 0 Å². The first-order valence-corrected chi connectivity index (χ1v) is 2.99. The summed E-state index contributed by atoms with van der Waals surface area (Å²) in [4.78, 5) is 0. The first-order chi connectivity index (χ1) is 4.56. The molecule has 0 amide bonds. The molecule has 10 heavy (non-hydrogen) atoms. The van der Waals surface area contributed by atoms with Crippen LogP contribution in [0.1, 0.15) is 12.8 Å². The van der Waals surface area contributed by atoms with E-state index in [0.717, 1.165) is 0 Å². The van der Waals surface area contributed by atoms with Crippen molar-refractivity contribution in [1.29, 1.82) is 0 Å². The maximum absolute atomic E-state index is 8.35. The van der Waals surface area contributed by atoms with E-state index >= 15 is 0 Å². The third-order valence-corrected chi connectivity index (χ3v) is 0.861. The van der Waals surface area contributed by atoms with Crippen molar-refractivity contribution in [2.45, 2.75) is 18.8 Å². The molecule has 0 aromatic heterocycles. The molecule has 0 bridgehead atoms. The maximum Gasteiger partial charge on any atom is 0.278 e. The molecule has 0 spiro atoms. The highest BCUT2D eigenvalue weighted by Crippen LogP contribution is 2.00. The molecular formula is C7H12O3. The normalized spacial score (nSPS) is 12.3. The van der Waals surface area contributed by atoms with E-state index in [9.17, 15) is 0 Å². The molecule has 0 aliphatic carbocycles. The Morgan fingerprint density at radius 3 is 2.20 bits per heavy atom. The number of hydrogen-bond donors (Lipinski definition) is 3. The van der Waals surface area contributed by atoms with Crippen molar-refractivity contribution in [2.24, 2.45) is 0 Å². The van der Waals surface area contributed by atoms with Crippen molar-refractivity contribution in [3.63, 3.8) is 0 Å². The Balaban J connectivity index is 3.43. The van der Waals surface area contributed by atoms with Crippen molar-refractivity contribution in [3.8, 4) is 0 Å². The zero-order chi connectivity index (χ0) is 8.04. The van der Waals surface area contributed by atoms with Gasteiger partial charge in [-0.05, 0) is 6.42 Å². The standard InChI is InChI=1S/C7H12O3/c1-2-3-4-5-6-7(8,9)10/h2,4-5,8-10H,1,3,6H2/b5-4+. The molecule has 0 aliphatic heterocycles. The lowest BCUT2D eigenvalue weighted by molar-refractivity contribution is -0.308. The zero-order valence-corrected chi connectivity index (χ0v) is 5.70. The van der Waals surface area contributed by atoms with Crippen LogP contribution in [0.4, 0.5) is 0 Å². The molecule has 0 saturated carbocycles.